The molecule has 2 aromatic rings. The molecule has 1 saturated heterocycles. The Bertz CT molecular complexity index is 731. The third-order valence-electron chi connectivity index (χ3n) is 4.42. The number of aliphatic imine (C=N–C) groups is 1. The summed E-state index contributed by atoms with van der Waals surface area (Å²) in [7, 11) is 0. The largest absolute Gasteiger partial charge is 0.357 e. The van der Waals surface area contributed by atoms with Crippen molar-refractivity contribution in [1.82, 2.24) is 20.6 Å². The van der Waals surface area contributed by atoms with E-state index in [4.69, 9.17) is 0 Å². The van der Waals surface area contributed by atoms with Gasteiger partial charge in [-0.25, -0.2) is 15.0 Å². The molecule has 3 rings (SSSR count). The summed E-state index contributed by atoms with van der Waals surface area (Å²) in [5.74, 6) is 1.90. The van der Waals surface area contributed by atoms with E-state index in [0.717, 1.165) is 54.2 Å². The molecule has 0 atom stereocenters. The van der Waals surface area contributed by atoms with Gasteiger partial charge in [0, 0.05) is 30.7 Å². The van der Waals surface area contributed by atoms with Crippen LogP contribution < -0.4 is 15.5 Å². The van der Waals surface area contributed by atoms with E-state index >= 15 is 0 Å². The molecule has 1 fully saturated rings. The Labute approximate surface area is 159 Å². The number of aryl methyl sites for hydroxylation is 2. The molecule has 0 amide bonds. The highest BCUT2D eigenvalue weighted by Gasteiger charge is 2.13. The van der Waals surface area contributed by atoms with Crippen LogP contribution in [0.5, 0.6) is 0 Å². The number of pyridine rings is 1. The predicted molar refractivity (Wildman–Crippen MR) is 109 cm³/mol. The fraction of sp³-hybridized carbons (Fsp3) is 0.526. The van der Waals surface area contributed by atoms with Gasteiger partial charge in [0.05, 0.1) is 23.8 Å². The van der Waals surface area contributed by atoms with Gasteiger partial charge in [0.1, 0.15) is 5.82 Å². The zero-order chi connectivity index (χ0) is 18.4. The number of nitrogens with one attached hydrogen (secondary N) is 2. The first-order valence-electron chi connectivity index (χ1n) is 9.30. The van der Waals surface area contributed by atoms with E-state index in [1.54, 1.807) is 11.3 Å². The van der Waals surface area contributed by atoms with Gasteiger partial charge in [-0.1, -0.05) is 6.07 Å². The van der Waals surface area contributed by atoms with Gasteiger partial charge in [0.25, 0.3) is 0 Å². The summed E-state index contributed by atoms with van der Waals surface area (Å²) in [6, 6.07) is 4.24. The molecule has 7 heteroatoms. The maximum absolute atomic E-state index is 4.69. The van der Waals surface area contributed by atoms with Gasteiger partial charge in [-0.05, 0) is 45.2 Å². The molecule has 0 saturated carbocycles. The molecule has 1 aliphatic rings. The standard InChI is InChI=1S/C19H28N6S/c1-4-20-19(23-13-17-14(2)24-15(3)26-17)22-12-16-7-8-18(21-11-16)25-9-5-6-10-25/h7-8,11H,4-6,9-10,12-13H2,1-3H3,(H2,20,22,23). The number of nitrogens with zero attached hydrogens (tertiary/aromatic N) is 4. The molecule has 6 nitrogen and oxygen atoms in total. The highest BCUT2D eigenvalue weighted by Crippen LogP contribution is 2.18. The Morgan fingerprint density at radius 2 is 2.04 bits per heavy atom. The van der Waals surface area contributed by atoms with Gasteiger partial charge < -0.3 is 15.5 Å². The van der Waals surface area contributed by atoms with Crippen molar-refractivity contribution in [2.75, 3.05) is 24.5 Å². The maximum atomic E-state index is 4.69. The Morgan fingerprint density at radius 3 is 2.65 bits per heavy atom. The van der Waals surface area contributed by atoms with Gasteiger partial charge in [-0.2, -0.15) is 0 Å². The van der Waals surface area contributed by atoms with Crippen molar-refractivity contribution in [3.8, 4) is 0 Å². The zero-order valence-corrected chi connectivity index (χ0v) is 16.7. The van der Waals surface area contributed by atoms with Crippen LogP contribution in [-0.4, -0.2) is 35.6 Å². The first kappa shape index (κ1) is 18.6. The second-order valence-corrected chi connectivity index (χ2v) is 7.80. The average molecular weight is 373 g/mol. The van der Waals surface area contributed by atoms with Crippen LogP contribution in [0.15, 0.2) is 23.3 Å². The molecule has 2 N–H and O–H groups in total. The quantitative estimate of drug-likeness (QED) is 0.603. The SMILES string of the molecule is CCNC(=NCc1ccc(N2CCCC2)nc1)NCc1sc(C)nc1C. The summed E-state index contributed by atoms with van der Waals surface area (Å²) in [6.45, 7) is 10.6. The molecule has 0 spiro atoms. The second kappa shape index (κ2) is 8.98. The minimum Gasteiger partial charge on any atom is -0.357 e. The fourth-order valence-corrected chi connectivity index (χ4v) is 3.93. The molecule has 2 aromatic heterocycles. The summed E-state index contributed by atoms with van der Waals surface area (Å²) in [5.41, 5.74) is 2.22. The Kier molecular flexibility index (Phi) is 6.44. The number of hydrogen-bond acceptors (Lipinski definition) is 5. The van der Waals surface area contributed by atoms with E-state index in [-0.39, 0.29) is 0 Å². The normalized spacial score (nSPS) is 14.7. The van der Waals surface area contributed by atoms with Crippen molar-refractivity contribution in [2.24, 2.45) is 4.99 Å². The van der Waals surface area contributed by atoms with Crippen LogP contribution >= 0.6 is 11.3 Å². The van der Waals surface area contributed by atoms with Crippen molar-refractivity contribution < 1.29 is 0 Å². The zero-order valence-electron chi connectivity index (χ0n) is 15.9. The van der Waals surface area contributed by atoms with Crippen LogP contribution in [0.1, 0.15) is 40.9 Å². The molecule has 26 heavy (non-hydrogen) atoms. The number of hydrogen-bond donors (Lipinski definition) is 2. The lowest BCUT2D eigenvalue weighted by Gasteiger charge is -2.16. The fourth-order valence-electron chi connectivity index (χ4n) is 3.06. The first-order valence-corrected chi connectivity index (χ1v) is 10.1. The Balaban J connectivity index is 1.58. The molecule has 140 valence electrons. The van der Waals surface area contributed by atoms with E-state index in [1.165, 1.54) is 17.7 Å². The summed E-state index contributed by atoms with van der Waals surface area (Å²) < 4.78 is 0. The van der Waals surface area contributed by atoms with Crippen LogP contribution in [0.4, 0.5) is 5.82 Å². The second-order valence-electron chi connectivity index (χ2n) is 6.51. The molecule has 0 aromatic carbocycles. The van der Waals surface area contributed by atoms with Crippen LogP contribution in [-0.2, 0) is 13.1 Å². The lowest BCUT2D eigenvalue weighted by atomic mass is 10.3. The van der Waals surface area contributed by atoms with Crippen molar-refractivity contribution >= 4 is 23.1 Å². The molecular formula is C19H28N6S. The van der Waals surface area contributed by atoms with Crippen LogP contribution in [0.2, 0.25) is 0 Å². The van der Waals surface area contributed by atoms with Gasteiger partial charge in [0.15, 0.2) is 5.96 Å². The Morgan fingerprint density at radius 1 is 1.23 bits per heavy atom. The highest BCUT2D eigenvalue weighted by molar-refractivity contribution is 7.11. The van der Waals surface area contributed by atoms with Crippen molar-refractivity contribution in [1.29, 1.82) is 0 Å². The minimum absolute atomic E-state index is 0.614. The third kappa shape index (κ3) is 4.94. The van der Waals surface area contributed by atoms with Crippen LogP contribution in [0.3, 0.4) is 0 Å². The molecule has 0 unspecified atom stereocenters. The summed E-state index contributed by atoms with van der Waals surface area (Å²) >= 11 is 1.73. The molecule has 0 bridgehead atoms. The average Bonchev–Trinajstić information content (AvgIpc) is 3.27. The number of thiazole rings is 1. The number of aromatic nitrogens is 2. The molecule has 3 heterocycles. The van der Waals surface area contributed by atoms with Gasteiger partial charge in [0.2, 0.25) is 0 Å². The van der Waals surface area contributed by atoms with Gasteiger partial charge >= 0.3 is 0 Å². The predicted octanol–water partition coefficient (Wildman–Crippen LogP) is 3.01. The smallest absolute Gasteiger partial charge is 0.191 e. The summed E-state index contributed by atoms with van der Waals surface area (Å²) in [6.07, 6.45) is 4.48. The molecule has 0 radical (unpaired) electrons. The van der Waals surface area contributed by atoms with E-state index in [9.17, 15) is 0 Å². The van der Waals surface area contributed by atoms with E-state index in [1.807, 2.05) is 13.1 Å². The van der Waals surface area contributed by atoms with E-state index in [2.05, 4.69) is 56.5 Å². The Hall–Kier alpha value is -2.15. The third-order valence-corrected chi connectivity index (χ3v) is 5.49. The highest BCUT2D eigenvalue weighted by atomic mass is 32.1. The lowest BCUT2D eigenvalue weighted by Crippen LogP contribution is -2.36. The molecular weight excluding hydrogens is 344 g/mol. The minimum atomic E-state index is 0.614. The van der Waals surface area contributed by atoms with Crippen molar-refractivity contribution in [3.63, 3.8) is 0 Å². The summed E-state index contributed by atoms with van der Waals surface area (Å²) in [4.78, 5) is 17.4. The van der Waals surface area contributed by atoms with Gasteiger partial charge in [-0.15, -0.1) is 11.3 Å². The van der Waals surface area contributed by atoms with Crippen molar-refractivity contribution in [2.45, 2.75) is 46.7 Å². The van der Waals surface area contributed by atoms with Crippen molar-refractivity contribution in [3.05, 3.63) is 39.5 Å². The number of guanidine groups is 1. The van der Waals surface area contributed by atoms with E-state index in [0.29, 0.717) is 6.54 Å². The summed E-state index contributed by atoms with van der Waals surface area (Å²) in [5, 5.41) is 7.80. The number of anilines is 1. The van der Waals surface area contributed by atoms with Gasteiger partial charge in [-0.3, -0.25) is 0 Å². The monoisotopic (exact) mass is 372 g/mol. The van der Waals surface area contributed by atoms with Crippen LogP contribution in [0, 0.1) is 13.8 Å². The number of rotatable bonds is 6. The van der Waals surface area contributed by atoms with E-state index < -0.39 is 0 Å². The van der Waals surface area contributed by atoms with Crippen LogP contribution in [0.25, 0.3) is 0 Å². The molecule has 1 aliphatic heterocycles. The topological polar surface area (TPSA) is 65.4 Å². The maximum Gasteiger partial charge on any atom is 0.191 e. The first-order chi connectivity index (χ1) is 12.7. The molecule has 0 aliphatic carbocycles. The lowest BCUT2D eigenvalue weighted by molar-refractivity contribution is 0.818.